The number of hydrogen-bond acceptors (Lipinski definition) is 3. The Morgan fingerprint density at radius 2 is 2.07 bits per heavy atom. The summed E-state index contributed by atoms with van der Waals surface area (Å²) in [6, 6.07) is 0. The number of rotatable bonds is 8. The van der Waals surface area contributed by atoms with Gasteiger partial charge in [0, 0.05) is 35.3 Å². The minimum atomic E-state index is -0.778. The Kier molecular flexibility index (Phi) is 8.87. The third-order valence-electron chi connectivity index (χ3n) is 1.80. The van der Waals surface area contributed by atoms with E-state index in [1.807, 2.05) is 14.0 Å². The van der Waals surface area contributed by atoms with Crippen molar-refractivity contribution < 1.29 is 9.00 Å². The molecule has 4 nitrogen and oxygen atoms in total. The molecule has 1 atom stereocenters. The van der Waals surface area contributed by atoms with Crippen molar-refractivity contribution in [2.45, 2.75) is 19.8 Å². The van der Waals surface area contributed by atoms with Gasteiger partial charge in [-0.2, -0.15) is 0 Å². The Hall–Kier alpha value is -0.420. The highest BCUT2D eigenvalue weighted by molar-refractivity contribution is 7.84. The van der Waals surface area contributed by atoms with Crippen LogP contribution in [-0.2, 0) is 15.6 Å². The number of carbonyl (C=O) groups is 1. The van der Waals surface area contributed by atoms with Crippen molar-refractivity contribution >= 4 is 16.7 Å². The summed E-state index contributed by atoms with van der Waals surface area (Å²) < 4.78 is 11.0. The molecule has 0 aliphatic carbocycles. The molecule has 0 aromatic carbocycles. The molecule has 0 saturated carbocycles. The molecule has 14 heavy (non-hydrogen) atoms. The van der Waals surface area contributed by atoms with Crippen LogP contribution < -0.4 is 10.6 Å². The van der Waals surface area contributed by atoms with Gasteiger partial charge in [-0.3, -0.25) is 9.00 Å². The Morgan fingerprint density at radius 3 is 2.64 bits per heavy atom. The molecular weight excluding hydrogens is 200 g/mol. The molecule has 0 bridgehead atoms. The maximum Gasteiger partial charge on any atom is 0.220 e. The first-order valence-electron chi connectivity index (χ1n) is 4.97. The summed E-state index contributed by atoms with van der Waals surface area (Å²) in [5, 5.41) is 5.72. The first kappa shape index (κ1) is 13.6. The van der Waals surface area contributed by atoms with Crippen LogP contribution in [-0.4, -0.2) is 41.8 Å². The van der Waals surface area contributed by atoms with Gasteiger partial charge in [0.05, 0.1) is 0 Å². The van der Waals surface area contributed by atoms with E-state index >= 15 is 0 Å². The molecule has 0 aromatic rings. The van der Waals surface area contributed by atoms with E-state index in [0.29, 0.717) is 24.5 Å². The first-order valence-corrected chi connectivity index (χ1v) is 6.45. The summed E-state index contributed by atoms with van der Waals surface area (Å²) >= 11 is 0. The fourth-order valence-electron chi connectivity index (χ4n) is 0.963. The van der Waals surface area contributed by atoms with Crippen LogP contribution in [0.5, 0.6) is 0 Å². The smallest absolute Gasteiger partial charge is 0.220 e. The molecule has 5 heteroatoms. The lowest BCUT2D eigenvalue weighted by molar-refractivity contribution is -0.121. The lowest BCUT2D eigenvalue weighted by atomic mass is 10.3. The van der Waals surface area contributed by atoms with E-state index in [1.54, 1.807) is 0 Å². The van der Waals surface area contributed by atoms with Crippen molar-refractivity contribution in [2.24, 2.45) is 0 Å². The first-order chi connectivity index (χ1) is 6.70. The third kappa shape index (κ3) is 8.19. The van der Waals surface area contributed by atoms with Gasteiger partial charge in [-0.05, 0) is 20.0 Å². The van der Waals surface area contributed by atoms with E-state index in [4.69, 9.17) is 0 Å². The normalized spacial score (nSPS) is 12.4. The molecule has 0 aliphatic heterocycles. The largest absolute Gasteiger partial charge is 0.355 e. The molecule has 0 aliphatic rings. The van der Waals surface area contributed by atoms with Crippen molar-refractivity contribution in [2.75, 3.05) is 31.6 Å². The minimum Gasteiger partial charge on any atom is -0.355 e. The van der Waals surface area contributed by atoms with Crippen molar-refractivity contribution in [3.63, 3.8) is 0 Å². The number of amides is 1. The second-order valence-electron chi connectivity index (χ2n) is 2.99. The van der Waals surface area contributed by atoms with Gasteiger partial charge in [-0.15, -0.1) is 0 Å². The lowest BCUT2D eigenvalue weighted by Gasteiger charge is -2.04. The van der Waals surface area contributed by atoms with Crippen molar-refractivity contribution in [3.05, 3.63) is 0 Å². The van der Waals surface area contributed by atoms with Gasteiger partial charge in [0.2, 0.25) is 5.91 Å². The Balaban J connectivity index is 3.31. The van der Waals surface area contributed by atoms with Crippen LogP contribution in [0.25, 0.3) is 0 Å². The van der Waals surface area contributed by atoms with Gasteiger partial charge in [-0.25, -0.2) is 0 Å². The summed E-state index contributed by atoms with van der Waals surface area (Å²) in [6.07, 6.45) is 1.39. The van der Waals surface area contributed by atoms with Crippen LogP contribution in [0.4, 0.5) is 0 Å². The molecule has 84 valence electrons. The zero-order chi connectivity index (χ0) is 10.8. The quantitative estimate of drug-likeness (QED) is 0.560. The van der Waals surface area contributed by atoms with E-state index in [-0.39, 0.29) is 5.91 Å². The van der Waals surface area contributed by atoms with Crippen molar-refractivity contribution in [3.8, 4) is 0 Å². The van der Waals surface area contributed by atoms with Crippen LogP contribution in [0.3, 0.4) is 0 Å². The Labute approximate surface area is 88.3 Å². The van der Waals surface area contributed by atoms with Gasteiger partial charge in [0.15, 0.2) is 0 Å². The fraction of sp³-hybridized carbons (Fsp3) is 0.889. The maximum absolute atomic E-state index is 11.1. The van der Waals surface area contributed by atoms with Gasteiger partial charge in [0.25, 0.3) is 0 Å². The fourth-order valence-corrected chi connectivity index (χ4v) is 1.58. The maximum atomic E-state index is 11.1. The molecule has 0 radical (unpaired) electrons. The molecule has 0 aromatic heterocycles. The molecule has 0 heterocycles. The average molecular weight is 220 g/mol. The van der Waals surface area contributed by atoms with Crippen molar-refractivity contribution in [1.29, 1.82) is 0 Å². The molecule has 1 amide bonds. The van der Waals surface area contributed by atoms with Gasteiger partial charge < -0.3 is 10.6 Å². The molecular formula is C9H20N2O2S. The lowest BCUT2D eigenvalue weighted by Crippen LogP contribution is -2.28. The molecule has 2 N–H and O–H groups in total. The summed E-state index contributed by atoms with van der Waals surface area (Å²) in [6.45, 7) is 3.26. The van der Waals surface area contributed by atoms with Crippen LogP contribution in [0.1, 0.15) is 19.8 Å². The molecule has 0 saturated heterocycles. The zero-order valence-corrected chi connectivity index (χ0v) is 9.78. The summed E-state index contributed by atoms with van der Waals surface area (Å²) in [4.78, 5) is 11.1. The molecule has 0 rings (SSSR count). The van der Waals surface area contributed by atoms with Crippen LogP contribution >= 0.6 is 0 Å². The number of carbonyl (C=O) groups excluding carboxylic acids is 1. The van der Waals surface area contributed by atoms with Gasteiger partial charge in [-0.1, -0.05) is 6.92 Å². The van der Waals surface area contributed by atoms with Gasteiger partial charge in [0.1, 0.15) is 0 Å². The summed E-state index contributed by atoms with van der Waals surface area (Å²) in [5.74, 6) is 1.28. The van der Waals surface area contributed by atoms with E-state index in [0.717, 1.165) is 13.0 Å². The zero-order valence-electron chi connectivity index (χ0n) is 8.97. The predicted octanol–water partition coefficient (Wildman–Crippen LogP) is -0.129. The predicted molar refractivity (Wildman–Crippen MR) is 59.7 cm³/mol. The highest BCUT2D eigenvalue weighted by Crippen LogP contribution is 1.86. The van der Waals surface area contributed by atoms with Gasteiger partial charge >= 0.3 is 0 Å². The number of hydrogen-bond donors (Lipinski definition) is 2. The van der Waals surface area contributed by atoms with Crippen LogP contribution in [0.2, 0.25) is 0 Å². The second-order valence-corrected chi connectivity index (χ2v) is 4.85. The van der Waals surface area contributed by atoms with E-state index < -0.39 is 10.8 Å². The van der Waals surface area contributed by atoms with E-state index in [2.05, 4.69) is 10.6 Å². The highest BCUT2D eigenvalue weighted by Gasteiger charge is 2.01. The third-order valence-corrected chi connectivity index (χ3v) is 3.11. The van der Waals surface area contributed by atoms with Crippen LogP contribution in [0.15, 0.2) is 0 Å². The average Bonchev–Trinajstić information content (AvgIpc) is 2.18. The molecule has 1 unspecified atom stereocenters. The Bertz CT molecular complexity index is 186. The summed E-state index contributed by atoms with van der Waals surface area (Å²) in [7, 11) is 1.09. The van der Waals surface area contributed by atoms with Crippen molar-refractivity contribution in [1.82, 2.24) is 10.6 Å². The topological polar surface area (TPSA) is 58.2 Å². The minimum absolute atomic E-state index is 0.0494. The van der Waals surface area contributed by atoms with Crippen LogP contribution in [0, 0.1) is 0 Å². The van der Waals surface area contributed by atoms with E-state index in [9.17, 15) is 9.00 Å². The SMILES string of the molecule is CCS(=O)CCNC(=O)CCCNC. The number of nitrogens with one attached hydrogen (secondary N) is 2. The van der Waals surface area contributed by atoms with E-state index in [1.165, 1.54) is 0 Å². The highest BCUT2D eigenvalue weighted by atomic mass is 32.2. The summed E-state index contributed by atoms with van der Waals surface area (Å²) in [5.41, 5.74) is 0. The molecule has 0 spiro atoms. The second kappa shape index (κ2) is 9.15. The Morgan fingerprint density at radius 1 is 1.36 bits per heavy atom. The standard InChI is InChI=1S/C9H20N2O2S/c1-3-14(13)8-7-11-9(12)5-4-6-10-2/h10H,3-8H2,1-2H3,(H,11,12). The molecule has 0 fully saturated rings. The monoisotopic (exact) mass is 220 g/mol.